The van der Waals surface area contributed by atoms with Gasteiger partial charge in [0.2, 0.25) is 5.88 Å². The van der Waals surface area contributed by atoms with E-state index in [-0.39, 0.29) is 0 Å². The predicted octanol–water partition coefficient (Wildman–Crippen LogP) is 0.0786. The Morgan fingerprint density at radius 2 is 2.10 bits per heavy atom. The second kappa shape index (κ2) is 5.06. The molecule has 1 aliphatic rings. The van der Waals surface area contributed by atoms with Gasteiger partial charge in [-0.2, -0.15) is 4.98 Å². The van der Waals surface area contributed by atoms with E-state index in [1.54, 1.807) is 11.5 Å². The molecule has 1 unspecified atom stereocenters. The van der Waals surface area contributed by atoms with Gasteiger partial charge in [-0.15, -0.1) is 0 Å². The fourth-order valence-electron chi connectivity index (χ4n) is 2.25. The van der Waals surface area contributed by atoms with E-state index in [0.29, 0.717) is 20.9 Å². The van der Waals surface area contributed by atoms with Crippen LogP contribution >= 0.6 is 22.6 Å². The summed E-state index contributed by atoms with van der Waals surface area (Å²) >= 11 is 1.97. The number of fused-ring (bicyclic) bond motifs is 1. The van der Waals surface area contributed by atoms with Crippen molar-refractivity contribution in [3.63, 3.8) is 0 Å². The zero-order valence-corrected chi connectivity index (χ0v) is 12.9. The monoisotopic (exact) mass is 392 g/mol. The molecule has 3 rings (SSSR count). The van der Waals surface area contributed by atoms with Crippen molar-refractivity contribution in [2.24, 2.45) is 0 Å². The molecule has 1 saturated heterocycles. The second-order valence-corrected chi connectivity index (χ2v) is 5.50. The van der Waals surface area contributed by atoms with Crippen LogP contribution in [0.25, 0.3) is 11.2 Å². The summed E-state index contributed by atoms with van der Waals surface area (Å²) < 4.78 is 12.8. The number of nitrogens with zero attached hydrogens (tertiary/aromatic N) is 4. The number of aliphatic hydroxyl groups excluding tert-OH is 2. The van der Waals surface area contributed by atoms with Crippen LogP contribution < -0.4 is 4.74 Å². The number of aromatic nitrogens is 4. The van der Waals surface area contributed by atoms with Gasteiger partial charge in [0.15, 0.2) is 21.2 Å². The van der Waals surface area contributed by atoms with Crippen molar-refractivity contribution >= 4 is 33.8 Å². The summed E-state index contributed by atoms with van der Waals surface area (Å²) in [6.45, 7) is 1.70. The molecule has 3 heterocycles. The number of imidazole rings is 1. The van der Waals surface area contributed by atoms with Crippen molar-refractivity contribution in [2.75, 3.05) is 7.11 Å². The largest absolute Gasteiger partial charge is 0.479 e. The van der Waals surface area contributed by atoms with E-state index >= 15 is 0 Å². The van der Waals surface area contributed by atoms with Crippen LogP contribution in [0.1, 0.15) is 13.2 Å². The molecule has 0 saturated carbocycles. The standard InChI is InChI=1S/C11H13IN4O4/c1-4-6(17)7(18)10(20-4)16-3-13-5-8(16)14-11(12)15-9(5)19-2/h3-4,6-7,10,17-18H,1-2H3/t4-,6-,7-,10?/m1/s1. The minimum absolute atomic E-state index is 0.360. The highest BCUT2D eigenvalue weighted by Gasteiger charge is 2.42. The highest BCUT2D eigenvalue weighted by Crippen LogP contribution is 2.32. The van der Waals surface area contributed by atoms with Crippen molar-refractivity contribution in [3.05, 3.63) is 10.2 Å². The molecule has 2 aromatic heterocycles. The lowest BCUT2D eigenvalue weighted by Gasteiger charge is -2.16. The van der Waals surface area contributed by atoms with E-state index < -0.39 is 24.5 Å². The Bertz CT molecular complexity index is 649. The van der Waals surface area contributed by atoms with Crippen LogP contribution in [-0.4, -0.2) is 55.2 Å². The SMILES string of the molecule is COc1nc(I)nc2c1ncn2C1O[C@H](C)[C@@H](O)[C@H]1O. The van der Waals surface area contributed by atoms with Gasteiger partial charge in [-0.1, -0.05) is 0 Å². The number of halogens is 1. The normalized spacial score (nSPS) is 30.1. The summed E-state index contributed by atoms with van der Waals surface area (Å²) in [5.41, 5.74) is 0.976. The quantitative estimate of drug-likeness (QED) is 0.551. The van der Waals surface area contributed by atoms with E-state index in [0.717, 1.165) is 0 Å². The molecule has 0 amide bonds. The Kier molecular flexibility index (Phi) is 3.52. The molecule has 1 aliphatic heterocycles. The Morgan fingerprint density at radius 3 is 2.70 bits per heavy atom. The lowest BCUT2D eigenvalue weighted by molar-refractivity contribution is -0.0299. The molecule has 2 N–H and O–H groups in total. The third-order valence-corrected chi connectivity index (χ3v) is 3.79. The van der Waals surface area contributed by atoms with Gasteiger partial charge < -0.3 is 19.7 Å². The highest BCUT2D eigenvalue weighted by atomic mass is 127. The molecule has 0 spiro atoms. The maximum Gasteiger partial charge on any atom is 0.246 e. The fraction of sp³-hybridized carbons (Fsp3) is 0.545. The van der Waals surface area contributed by atoms with Crippen LogP contribution in [0, 0.1) is 3.83 Å². The summed E-state index contributed by atoms with van der Waals surface area (Å²) in [6, 6.07) is 0. The van der Waals surface area contributed by atoms with Crippen LogP contribution in [0.4, 0.5) is 0 Å². The summed E-state index contributed by atoms with van der Waals surface area (Å²) in [4.78, 5) is 12.6. The van der Waals surface area contributed by atoms with Gasteiger partial charge in [-0.25, -0.2) is 9.97 Å². The highest BCUT2D eigenvalue weighted by molar-refractivity contribution is 14.1. The average molecular weight is 392 g/mol. The smallest absolute Gasteiger partial charge is 0.246 e. The Balaban J connectivity index is 2.11. The lowest BCUT2D eigenvalue weighted by atomic mass is 10.1. The Labute approximate surface area is 127 Å². The molecule has 20 heavy (non-hydrogen) atoms. The van der Waals surface area contributed by atoms with Gasteiger partial charge in [0.05, 0.1) is 19.5 Å². The topological polar surface area (TPSA) is 103 Å². The van der Waals surface area contributed by atoms with E-state index in [1.165, 1.54) is 13.4 Å². The second-order valence-electron chi connectivity index (χ2n) is 4.54. The molecular weight excluding hydrogens is 379 g/mol. The lowest BCUT2D eigenvalue weighted by Crippen LogP contribution is -2.30. The van der Waals surface area contributed by atoms with Crippen LogP contribution in [0.3, 0.4) is 0 Å². The van der Waals surface area contributed by atoms with Crippen molar-refractivity contribution < 1.29 is 19.7 Å². The first-order chi connectivity index (χ1) is 9.52. The molecular formula is C11H13IN4O4. The maximum absolute atomic E-state index is 10.1. The van der Waals surface area contributed by atoms with Crippen molar-refractivity contribution in [2.45, 2.75) is 31.5 Å². The van der Waals surface area contributed by atoms with Crippen molar-refractivity contribution in [1.82, 2.24) is 19.5 Å². The Hall–Kier alpha value is -1.04. The Morgan fingerprint density at radius 1 is 1.35 bits per heavy atom. The first-order valence-electron chi connectivity index (χ1n) is 5.98. The van der Waals surface area contributed by atoms with Crippen LogP contribution in [0.2, 0.25) is 0 Å². The van der Waals surface area contributed by atoms with E-state index in [1.807, 2.05) is 22.6 Å². The van der Waals surface area contributed by atoms with Gasteiger partial charge in [0.1, 0.15) is 12.2 Å². The molecule has 9 heteroatoms. The first kappa shape index (κ1) is 13.9. The fourth-order valence-corrected chi connectivity index (χ4v) is 2.70. The van der Waals surface area contributed by atoms with E-state index in [2.05, 4.69) is 15.0 Å². The number of aliphatic hydroxyl groups is 2. The molecule has 0 bridgehead atoms. The molecule has 0 aliphatic carbocycles. The van der Waals surface area contributed by atoms with Crippen LogP contribution in [-0.2, 0) is 4.74 Å². The molecule has 0 radical (unpaired) electrons. The van der Waals surface area contributed by atoms with E-state index in [4.69, 9.17) is 9.47 Å². The minimum Gasteiger partial charge on any atom is -0.479 e. The van der Waals surface area contributed by atoms with Crippen molar-refractivity contribution in [1.29, 1.82) is 0 Å². The zero-order valence-electron chi connectivity index (χ0n) is 10.8. The predicted molar refractivity (Wildman–Crippen MR) is 76.2 cm³/mol. The van der Waals surface area contributed by atoms with E-state index in [9.17, 15) is 10.2 Å². The zero-order chi connectivity index (χ0) is 14.4. The number of methoxy groups -OCH3 is 1. The summed E-state index contributed by atoms with van der Waals surface area (Å²) in [7, 11) is 1.50. The molecule has 0 aromatic carbocycles. The van der Waals surface area contributed by atoms with Crippen molar-refractivity contribution in [3.8, 4) is 5.88 Å². The van der Waals surface area contributed by atoms with Crippen LogP contribution in [0.5, 0.6) is 5.88 Å². The van der Waals surface area contributed by atoms with Gasteiger partial charge in [0.25, 0.3) is 0 Å². The van der Waals surface area contributed by atoms with Gasteiger partial charge >= 0.3 is 0 Å². The number of ether oxygens (including phenoxy) is 2. The number of hydrogen-bond acceptors (Lipinski definition) is 7. The molecule has 4 atom stereocenters. The minimum atomic E-state index is -1.04. The summed E-state index contributed by atoms with van der Waals surface area (Å²) in [5.74, 6) is 0.360. The van der Waals surface area contributed by atoms with Gasteiger partial charge in [-0.3, -0.25) is 4.57 Å². The van der Waals surface area contributed by atoms with Crippen LogP contribution in [0.15, 0.2) is 6.33 Å². The van der Waals surface area contributed by atoms with Gasteiger partial charge in [-0.05, 0) is 6.92 Å². The third kappa shape index (κ3) is 2.05. The summed E-state index contributed by atoms with van der Waals surface area (Å²) in [5, 5.41) is 19.9. The molecule has 2 aromatic rings. The average Bonchev–Trinajstić information content (AvgIpc) is 2.94. The van der Waals surface area contributed by atoms with Gasteiger partial charge in [0, 0.05) is 22.6 Å². The third-order valence-electron chi connectivity index (χ3n) is 3.31. The molecule has 1 fully saturated rings. The molecule has 8 nitrogen and oxygen atoms in total. The number of rotatable bonds is 2. The first-order valence-corrected chi connectivity index (χ1v) is 7.06. The number of hydrogen-bond donors (Lipinski definition) is 2. The molecule has 108 valence electrons. The summed E-state index contributed by atoms with van der Waals surface area (Å²) in [6.07, 6.45) is -1.69. The maximum atomic E-state index is 10.1.